The minimum absolute atomic E-state index is 0.0946. The minimum Gasteiger partial charge on any atom is -0.396 e. The average molecular weight is 295 g/mol. The van der Waals surface area contributed by atoms with Gasteiger partial charge in [-0.05, 0) is 12.1 Å². The van der Waals surface area contributed by atoms with Gasteiger partial charge in [0.15, 0.2) is 0 Å². The molecular formula is C10H15F2N3O3S. The molecule has 0 radical (unpaired) electrons. The Labute approximate surface area is 109 Å². The predicted molar refractivity (Wildman–Crippen MR) is 67.5 cm³/mol. The van der Waals surface area contributed by atoms with Crippen LogP contribution < -0.4 is 15.8 Å². The van der Waals surface area contributed by atoms with Crippen LogP contribution in [0.1, 0.15) is 0 Å². The van der Waals surface area contributed by atoms with Gasteiger partial charge in [0.05, 0.1) is 24.5 Å². The molecule has 0 heterocycles. The topological polar surface area (TPSA) is 110 Å². The third kappa shape index (κ3) is 4.01. The first-order chi connectivity index (χ1) is 8.77. The molecule has 5 N–H and O–H groups in total. The van der Waals surface area contributed by atoms with Crippen LogP contribution in [0, 0.1) is 0 Å². The zero-order valence-corrected chi connectivity index (χ0v) is 10.8. The lowest BCUT2D eigenvalue weighted by Crippen LogP contribution is -2.32. The Kier molecular flexibility index (Phi) is 5.04. The molecule has 0 aliphatic carbocycles. The van der Waals surface area contributed by atoms with Crippen LogP contribution in [0.3, 0.4) is 0 Å². The summed E-state index contributed by atoms with van der Waals surface area (Å²) in [5.74, 6) is 0. The van der Waals surface area contributed by atoms with Crippen molar-refractivity contribution in [1.82, 2.24) is 0 Å². The van der Waals surface area contributed by atoms with Gasteiger partial charge in [0.2, 0.25) is 10.0 Å². The summed E-state index contributed by atoms with van der Waals surface area (Å²) in [6.07, 6.45) is -2.65. The van der Waals surface area contributed by atoms with Gasteiger partial charge in [-0.25, -0.2) is 22.3 Å². The lowest BCUT2D eigenvalue weighted by Gasteiger charge is -2.25. The molecule has 1 aromatic rings. The first kappa shape index (κ1) is 15.6. The van der Waals surface area contributed by atoms with Gasteiger partial charge in [-0.2, -0.15) is 0 Å². The number of hydrogen-bond donors (Lipinski definition) is 3. The van der Waals surface area contributed by atoms with Gasteiger partial charge in [0.1, 0.15) is 4.90 Å². The number of rotatable bonds is 6. The first-order valence-electron chi connectivity index (χ1n) is 5.32. The summed E-state index contributed by atoms with van der Waals surface area (Å²) in [5, 5.41) is 13.8. The SMILES string of the molecule is Nc1c(N(CCO)CC(F)F)cccc1S(N)(=O)=O. The van der Waals surface area contributed by atoms with E-state index in [1.807, 2.05) is 0 Å². The molecule has 0 amide bonds. The number of anilines is 2. The number of sulfonamides is 1. The highest BCUT2D eigenvalue weighted by atomic mass is 32.2. The van der Waals surface area contributed by atoms with Gasteiger partial charge in [-0.15, -0.1) is 0 Å². The van der Waals surface area contributed by atoms with Gasteiger partial charge in [-0.3, -0.25) is 0 Å². The molecule has 0 spiro atoms. The Bertz CT molecular complexity index is 537. The van der Waals surface area contributed by atoms with Crippen LogP contribution in [0.15, 0.2) is 23.1 Å². The van der Waals surface area contributed by atoms with E-state index in [0.717, 1.165) is 4.90 Å². The van der Waals surface area contributed by atoms with E-state index in [4.69, 9.17) is 16.0 Å². The summed E-state index contributed by atoms with van der Waals surface area (Å²) in [6, 6.07) is 3.93. The molecule has 0 atom stereocenters. The third-order valence-electron chi connectivity index (χ3n) is 2.42. The van der Waals surface area contributed by atoms with Gasteiger partial charge in [0.25, 0.3) is 6.43 Å². The summed E-state index contributed by atoms with van der Waals surface area (Å²) in [6.45, 7) is -1.13. The number of nitrogens with zero attached hydrogens (tertiary/aromatic N) is 1. The van der Waals surface area contributed by atoms with Crippen LogP contribution in [0.5, 0.6) is 0 Å². The van der Waals surface area contributed by atoms with Gasteiger partial charge < -0.3 is 15.7 Å². The van der Waals surface area contributed by atoms with Gasteiger partial charge in [0, 0.05) is 6.54 Å². The lowest BCUT2D eigenvalue weighted by molar-refractivity contribution is 0.153. The zero-order valence-electron chi connectivity index (χ0n) is 9.96. The highest BCUT2D eigenvalue weighted by molar-refractivity contribution is 7.89. The maximum absolute atomic E-state index is 12.5. The monoisotopic (exact) mass is 295 g/mol. The Hall–Kier alpha value is -1.45. The van der Waals surface area contributed by atoms with E-state index in [0.29, 0.717) is 0 Å². The molecule has 0 bridgehead atoms. The molecule has 6 nitrogen and oxygen atoms in total. The summed E-state index contributed by atoms with van der Waals surface area (Å²) >= 11 is 0. The number of hydrogen-bond acceptors (Lipinski definition) is 5. The minimum atomic E-state index is -4.03. The summed E-state index contributed by atoms with van der Waals surface area (Å²) in [7, 11) is -4.03. The molecular weight excluding hydrogens is 280 g/mol. The first-order valence-corrected chi connectivity index (χ1v) is 6.87. The van der Waals surface area contributed by atoms with Crippen LogP contribution in [-0.4, -0.2) is 39.6 Å². The number of aliphatic hydroxyl groups excluding tert-OH is 1. The second kappa shape index (κ2) is 6.13. The van der Waals surface area contributed by atoms with Crippen molar-refractivity contribution in [3.8, 4) is 0 Å². The van der Waals surface area contributed by atoms with Gasteiger partial charge in [-0.1, -0.05) is 6.07 Å². The van der Waals surface area contributed by atoms with Crippen LogP contribution in [0.2, 0.25) is 0 Å². The molecule has 1 rings (SSSR count). The Morgan fingerprint density at radius 1 is 1.37 bits per heavy atom. The van der Waals surface area contributed by atoms with E-state index in [-0.39, 0.29) is 29.4 Å². The lowest BCUT2D eigenvalue weighted by atomic mass is 10.2. The molecule has 0 aliphatic rings. The fourth-order valence-corrected chi connectivity index (χ4v) is 2.33. The highest BCUT2D eigenvalue weighted by Crippen LogP contribution is 2.29. The molecule has 0 aliphatic heterocycles. The summed E-state index contributed by atoms with van der Waals surface area (Å²) in [4.78, 5) is 0.775. The molecule has 0 fully saturated rings. The number of nitrogen functional groups attached to an aromatic ring is 1. The fourth-order valence-electron chi connectivity index (χ4n) is 1.65. The molecule has 1 aromatic carbocycles. The van der Waals surface area contributed by atoms with Crippen molar-refractivity contribution in [2.24, 2.45) is 5.14 Å². The molecule has 0 unspecified atom stereocenters. The Balaban J connectivity index is 3.24. The van der Waals surface area contributed by atoms with E-state index in [2.05, 4.69) is 0 Å². The summed E-state index contributed by atoms with van der Waals surface area (Å²) < 4.78 is 47.5. The van der Waals surface area contributed by atoms with Crippen molar-refractivity contribution in [3.63, 3.8) is 0 Å². The second-order valence-electron chi connectivity index (χ2n) is 3.79. The maximum atomic E-state index is 12.5. The van der Waals surface area contributed by atoms with Crippen molar-refractivity contribution < 1.29 is 22.3 Å². The van der Waals surface area contributed by atoms with E-state index in [9.17, 15) is 17.2 Å². The molecule has 0 aromatic heterocycles. The van der Waals surface area contributed by atoms with Crippen LogP contribution >= 0.6 is 0 Å². The molecule has 19 heavy (non-hydrogen) atoms. The average Bonchev–Trinajstić information content (AvgIpc) is 2.26. The Morgan fingerprint density at radius 2 is 2.00 bits per heavy atom. The maximum Gasteiger partial charge on any atom is 0.255 e. The quantitative estimate of drug-likeness (QED) is 0.639. The zero-order chi connectivity index (χ0) is 14.6. The smallest absolute Gasteiger partial charge is 0.255 e. The normalized spacial score (nSPS) is 11.8. The number of primary sulfonamides is 1. The van der Waals surface area contributed by atoms with Crippen molar-refractivity contribution in [2.75, 3.05) is 30.3 Å². The van der Waals surface area contributed by atoms with Crippen molar-refractivity contribution in [3.05, 3.63) is 18.2 Å². The van der Waals surface area contributed by atoms with Crippen LogP contribution in [0.25, 0.3) is 0 Å². The van der Waals surface area contributed by atoms with Crippen molar-refractivity contribution in [2.45, 2.75) is 11.3 Å². The number of alkyl halides is 2. The standard InChI is InChI=1S/C10H15F2N3O3S/c11-9(12)6-15(4-5-16)7-2-1-3-8(10(7)13)19(14,17)18/h1-3,9,16H,4-6,13H2,(H2,14,17,18). The van der Waals surface area contributed by atoms with Crippen molar-refractivity contribution in [1.29, 1.82) is 0 Å². The number of halogens is 2. The number of benzene rings is 1. The molecule has 108 valence electrons. The third-order valence-corrected chi connectivity index (χ3v) is 3.39. The van der Waals surface area contributed by atoms with E-state index in [1.165, 1.54) is 18.2 Å². The molecule has 9 heteroatoms. The van der Waals surface area contributed by atoms with E-state index in [1.54, 1.807) is 0 Å². The molecule has 0 saturated carbocycles. The van der Waals surface area contributed by atoms with E-state index < -0.39 is 23.0 Å². The fraction of sp³-hybridized carbons (Fsp3) is 0.400. The van der Waals surface area contributed by atoms with E-state index >= 15 is 0 Å². The van der Waals surface area contributed by atoms with Gasteiger partial charge >= 0.3 is 0 Å². The largest absolute Gasteiger partial charge is 0.396 e. The number of nitrogens with two attached hydrogens (primary N) is 2. The van der Waals surface area contributed by atoms with Crippen LogP contribution in [-0.2, 0) is 10.0 Å². The number of aliphatic hydroxyl groups is 1. The van der Waals surface area contributed by atoms with Crippen molar-refractivity contribution >= 4 is 21.4 Å². The second-order valence-corrected chi connectivity index (χ2v) is 5.32. The summed E-state index contributed by atoms with van der Waals surface area (Å²) in [5.41, 5.74) is 5.54. The Morgan fingerprint density at radius 3 is 2.47 bits per heavy atom. The molecule has 0 saturated heterocycles. The number of para-hydroxylation sites is 1. The van der Waals surface area contributed by atoms with Crippen LogP contribution in [0.4, 0.5) is 20.2 Å². The highest BCUT2D eigenvalue weighted by Gasteiger charge is 2.20. The predicted octanol–water partition coefficient (Wildman–Crippen LogP) is -0.0200.